The number of anilines is 2. The molecule has 7 heteroatoms. The van der Waals surface area contributed by atoms with Crippen LogP contribution >= 0.6 is 0 Å². The van der Waals surface area contributed by atoms with Crippen LogP contribution in [0.3, 0.4) is 0 Å². The maximum atomic E-state index is 13.2. The first kappa shape index (κ1) is 18.2. The van der Waals surface area contributed by atoms with E-state index in [2.05, 4.69) is 10.3 Å². The van der Waals surface area contributed by atoms with Gasteiger partial charge >= 0.3 is 0 Å². The van der Waals surface area contributed by atoms with Crippen molar-refractivity contribution in [3.05, 3.63) is 53.7 Å². The molecule has 0 unspecified atom stereocenters. The van der Waals surface area contributed by atoms with Crippen LogP contribution in [0, 0.1) is 6.92 Å². The van der Waals surface area contributed by atoms with Crippen molar-refractivity contribution in [2.75, 3.05) is 43.6 Å². The Bertz CT molecular complexity index is 1020. The quantitative estimate of drug-likeness (QED) is 0.752. The van der Waals surface area contributed by atoms with Crippen LogP contribution in [0.1, 0.15) is 16.1 Å². The molecule has 2 aromatic carbocycles. The summed E-state index contributed by atoms with van der Waals surface area (Å²) in [7, 11) is 1.58. The molecule has 1 N–H and O–H groups in total. The van der Waals surface area contributed by atoms with E-state index in [1.807, 2.05) is 54.3 Å². The van der Waals surface area contributed by atoms with Crippen LogP contribution in [-0.2, 0) is 4.74 Å². The molecule has 0 radical (unpaired) electrons. The van der Waals surface area contributed by atoms with E-state index in [9.17, 15) is 4.79 Å². The summed E-state index contributed by atoms with van der Waals surface area (Å²) in [4.78, 5) is 24.6. The fourth-order valence-corrected chi connectivity index (χ4v) is 3.24. The number of amides is 1. The van der Waals surface area contributed by atoms with E-state index in [1.165, 1.54) is 0 Å². The number of rotatable bonds is 4. The normalized spacial score (nSPS) is 14.1. The van der Waals surface area contributed by atoms with E-state index in [0.717, 1.165) is 11.1 Å². The minimum absolute atomic E-state index is 0.296. The summed E-state index contributed by atoms with van der Waals surface area (Å²) in [6, 6.07) is 13.2. The predicted molar refractivity (Wildman–Crippen MR) is 108 cm³/mol. The lowest BCUT2D eigenvalue weighted by atomic mass is 10.2. The number of carbonyl (C=O) groups excluding carboxylic acids is 1. The number of methoxy groups -OCH3 is 1. The smallest absolute Gasteiger partial charge is 0.278 e. The summed E-state index contributed by atoms with van der Waals surface area (Å²) in [6.45, 7) is 4.49. The van der Waals surface area contributed by atoms with E-state index < -0.39 is 0 Å². The fourth-order valence-electron chi connectivity index (χ4n) is 3.24. The summed E-state index contributed by atoms with van der Waals surface area (Å²) >= 11 is 0. The summed E-state index contributed by atoms with van der Waals surface area (Å²) in [6.07, 6.45) is 0. The van der Waals surface area contributed by atoms with Crippen molar-refractivity contribution in [3.8, 4) is 5.75 Å². The Morgan fingerprint density at radius 2 is 1.82 bits per heavy atom. The highest BCUT2D eigenvalue weighted by molar-refractivity contribution is 6.08. The number of benzene rings is 2. The molecule has 1 aromatic heterocycles. The van der Waals surface area contributed by atoms with Gasteiger partial charge in [0.05, 0.1) is 37.0 Å². The number of ether oxygens (including phenoxy) is 2. The molecule has 7 nitrogen and oxygen atoms in total. The molecular formula is C21H22N4O3. The van der Waals surface area contributed by atoms with Crippen molar-refractivity contribution < 1.29 is 14.3 Å². The van der Waals surface area contributed by atoms with Gasteiger partial charge in [-0.25, -0.2) is 9.97 Å². The number of carbonyl (C=O) groups is 1. The minimum atomic E-state index is -0.316. The predicted octanol–water partition coefficient (Wildman–Crippen LogP) is 3.04. The van der Waals surface area contributed by atoms with Crippen LogP contribution < -0.4 is 15.0 Å². The van der Waals surface area contributed by atoms with Gasteiger partial charge in [0, 0.05) is 13.1 Å². The Morgan fingerprint density at radius 1 is 1.11 bits per heavy atom. The molecule has 1 amide bonds. The first-order valence-electron chi connectivity index (χ1n) is 9.21. The van der Waals surface area contributed by atoms with Crippen LogP contribution in [0.5, 0.6) is 5.75 Å². The van der Waals surface area contributed by atoms with Crippen molar-refractivity contribution in [1.29, 1.82) is 0 Å². The highest BCUT2D eigenvalue weighted by atomic mass is 16.5. The topological polar surface area (TPSA) is 76.6 Å². The van der Waals surface area contributed by atoms with Crippen molar-refractivity contribution in [2.24, 2.45) is 0 Å². The number of hydrogen-bond donors (Lipinski definition) is 1. The summed E-state index contributed by atoms with van der Waals surface area (Å²) in [5.74, 6) is 0.857. The van der Waals surface area contributed by atoms with Gasteiger partial charge in [0.15, 0.2) is 11.5 Å². The zero-order valence-corrected chi connectivity index (χ0v) is 15.9. The highest BCUT2D eigenvalue weighted by Crippen LogP contribution is 2.27. The third-order valence-corrected chi connectivity index (χ3v) is 4.68. The molecule has 4 rings (SSSR count). The first-order chi connectivity index (χ1) is 13.7. The van der Waals surface area contributed by atoms with E-state index in [1.54, 1.807) is 7.11 Å². The van der Waals surface area contributed by atoms with Crippen molar-refractivity contribution in [3.63, 3.8) is 0 Å². The number of morpholine rings is 1. The standard InChI is InChI=1S/C21H22N4O3/c1-14-7-8-18(27-2)17(13-14)24-21(26)19-20(25-9-11-28-12-10-25)23-16-6-4-3-5-15(16)22-19/h3-8,13H,9-12H2,1-2H3,(H,24,26). The van der Waals surface area contributed by atoms with Crippen molar-refractivity contribution in [1.82, 2.24) is 9.97 Å². The van der Waals surface area contributed by atoms with E-state index in [0.29, 0.717) is 54.8 Å². The molecule has 2 heterocycles. The Hall–Kier alpha value is -3.19. The van der Waals surface area contributed by atoms with Gasteiger partial charge in [-0.05, 0) is 36.8 Å². The molecule has 0 aliphatic carbocycles. The molecule has 0 saturated carbocycles. The van der Waals surface area contributed by atoms with Gasteiger partial charge in [-0.1, -0.05) is 18.2 Å². The van der Waals surface area contributed by atoms with Crippen molar-refractivity contribution in [2.45, 2.75) is 6.92 Å². The molecule has 144 valence electrons. The number of fused-ring (bicyclic) bond motifs is 1. The van der Waals surface area contributed by atoms with Gasteiger partial charge in [0.25, 0.3) is 5.91 Å². The van der Waals surface area contributed by atoms with Gasteiger partial charge in [-0.15, -0.1) is 0 Å². The van der Waals surface area contributed by atoms with Crippen LogP contribution in [-0.4, -0.2) is 49.3 Å². The zero-order valence-electron chi connectivity index (χ0n) is 15.9. The number of hydrogen-bond acceptors (Lipinski definition) is 6. The van der Waals surface area contributed by atoms with Crippen LogP contribution in [0.15, 0.2) is 42.5 Å². The molecular weight excluding hydrogens is 356 g/mol. The van der Waals surface area contributed by atoms with Gasteiger partial charge < -0.3 is 19.7 Å². The van der Waals surface area contributed by atoms with E-state index in [4.69, 9.17) is 14.5 Å². The van der Waals surface area contributed by atoms with Gasteiger partial charge in [-0.2, -0.15) is 0 Å². The monoisotopic (exact) mass is 378 g/mol. The Morgan fingerprint density at radius 3 is 2.54 bits per heavy atom. The Labute approximate surface area is 163 Å². The third-order valence-electron chi connectivity index (χ3n) is 4.68. The summed E-state index contributed by atoms with van der Waals surface area (Å²) in [5, 5.41) is 2.94. The Balaban J connectivity index is 1.75. The fraction of sp³-hybridized carbons (Fsp3) is 0.286. The average molecular weight is 378 g/mol. The van der Waals surface area contributed by atoms with Gasteiger partial charge in [-0.3, -0.25) is 4.79 Å². The number of nitrogens with zero attached hydrogens (tertiary/aromatic N) is 3. The van der Waals surface area contributed by atoms with Crippen LogP contribution in [0.2, 0.25) is 0 Å². The molecule has 1 aliphatic heterocycles. The third kappa shape index (κ3) is 3.61. The van der Waals surface area contributed by atoms with Crippen LogP contribution in [0.25, 0.3) is 11.0 Å². The zero-order chi connectivity index (χ0) is 19.5. The van der Waals surface area contributed by atoms with E-state index >= 15 is 0 Å². The number of aryl methyl sites for hydroxylation is 1. The maximum absolute atomic E-state index is 13.2. The molecule has 0 atom stereocenters. The first-order valence-corrected chi connectivity index (χ1v) is 9.21. The SMILES string of the molecule is COc1ccc(C)cc1NC(=O)c1nc2ccccc2nc1N1CCOCC1. The second-order valence-corrected chi connectivity index (χ2v) is 6.64. The highest BCUT2D eigenvalue weighted by Gasteiger charge is 2.23. The molecule has 0 spiro atoms. The molecule has 1 saturated heterocycles. The molecule has 1 aliphatic rings. The second-order valence-electron chi connectivity index (χ2n) is 6.64. The largest absolute Gasteiger partial charge is 0.495 e. The van der Waals surface area contributed by atoms with Crippen LogP contribution in [0.4, 0.5) is 11.5 Å². The summed E-state index contributed by atoms with van der Waals surface area (Å²) < 4.78 is 10.8. The number of aromatic nitrogens is 2. The van der Waals surface area contributed by atoms with E-state index in [-0.39, 0.29) is 5.91 Å². The average Bonchev–Trinajstić information content (AvgIpc) is 2.73. The van der Waals surface area contributed by atoms with Gasteiger partial charge in [0.2, 0.25) is 0 Å². The summed E-state index contributed by atoms with van der Waals surface area (Å²) in [5.41, 5.74) is 3.36. The second kappa shape index (κ2) is 7.82. The van der Waals surface area contributed by atoms with Crippen molar-refractivity contribution >= 4 is 28.4 Å². The number of nitrogens with one attached hydrogen (secondary N) is 1. The lowest BCUT2D eigenvalue weighted by Gasteiger charge is -2.29. The molecule has 1 fully saturated rings. The number of para-hydroxylation sites is 2. The lowest BCUT2D eigenvalue weighted by Crippen LogP contribution is -2.38. The molecule has 0 bridgehead atoms. The molecule has 28 heavy (non-hydrogen) atoms. The lowest BCUT2D eigenvalue weighted by molar-refractivity contribution is 0.101. The Kier molecular flexibility index (Phi) is 5.08. The van der Waals surface area contributed by atoms with Gasteiger partial charge in [0.1, 0.15) is 5.75 Å². The maximum Gasteiger partial charge on any atom is 0.278 e. The minimum Gasteiger partial charge on any atom is -0.495 e. The molecule has 3 aromatic rings.